The lowest BCUT2D eigenvalue weighted by molar-refractivity contribution is 0.711. The van der Waals surface area contributed by atoms with Crippen molar-refractivity contribution in [2.24, 2.45) is 0 Å². The molecule has 0 saturated heterocycles. The van der Waals surface area contributed by atoms with Crippen LogP contribution in [0.3, 0.4) is 0 Å². The lowest BCUT2D eigenvalue weighted by Gasteiger charge is -2.05. The summed E-state index contributed by atoms with van der Waals surface area (Å²) in [5.41, 5.74) is 2.05. The van der Waals surface area contributed by atoms with Gasteiger partial charge in [-0.15, -0.1) is 0 Å². The minimum absolute atomic E-state index is 0.641. The molecule has 0 aliphatic carbocycles. The van der Waals surface area contributed by atoms with Crippen molar-refractivity contribution in [3.63, 3.8) is 0 Å². The van der Waals surface area contributed by atoms with Crippen LogP contribution >= 0.6 is 11.6 Å². The van der Waals surface area contributed by atoms with Gasteiger partial charge in [0.1, 0.15) is 12.7 Å². The van der Waals surface area contributed by atoms with Gasteiger partial charge in [0.25, 0.3) is 0 Å². The lowest BCUT2D eigenvalue weighted by Crippen LogP contribution is -2.00. The molecular formula is C11H10ClN3. The highest BCUT2D eigenvalue weighted by atomic mass is 35.5. The molecular weight excluding hydrogens is 210 g/mol. The van der Waals surface area contributed by atoms with Gasteiger partial charge in [-0.2, -0.15) is 5.10 Å². The second-order valence-electron chi connectivity index (χ2n) is 3.20. The van der Waals surface area contributed by atoms with E-state index in [0.29, 0.717) is 6.54 Å². The summed E-state index contributed by atoms with van der Waals surface area (Å²) >= 11 is 5.80. The van der Waals surface area contributed by atoms with Gasteiger partial charge in [0.15, 0.2) is 0 Å². The Hall–Kier alpha value is -1.61. The smallest absolute Gasteiger partial charge is 0.137 e. The average Bonchev–Trinajstić information content (AvgIpc) is 2.71. The number of benzene rings is 1. The monoisotopic (exact) mass is 219 g/mol. The zero-order valence-corrected chi connectivity index (χ0v) is 8.85. The van der Waals surface area contributed by atoms with Gasteiger partial charge in [0, 0.05) is 5.02 Å². The third kappa shape index (κ3) is 2.44. The van der Waals surface area contributed by atoms with Crippen LogP contribution in [0.25, 0.3) is 5.57 Å². The summed E-state index contributed by atoms with van der Waals surface area (Å²) in [6.07, 6.45) is 3.18. The van der Waals surface area contributed by atoms with Crippen molar-refractivity contribution >= 4 is 17.2 Å². The fraction of sp³-hybridized carbons (Fsp3) is 0.0909. The number of allylic oxidation sites excluding steroid dienone is 1. The molecule has 0 amide bonds. The zero-order valence-electron chi connectivity index (χ0n) is 8.10. The molecule has 0 bridgehead atoms. The van der Waals surface area contributed by atoms with Crippen LogP contribution in [0.1, 0.15) is 5.56 Å². The Balaban J connectivity index is 2.11. The van der Waals surface area contributed by atoms with Gasteiger partial charge < -0.3 is 0 Å². The topological polar surface area (TPSA) is 30.7 Å². The molecule has 4 heteroatoms. The maximum atomic E-state index is 5.80. The first kappa shape index (κ1) is 9.93. The van der Waals surface area contributed by atoms with Crippen LogP contribution in [0.5, 0.6) is 0 Å². The van der Waals surface area contributed by atoms with E-state index in [0.717, 1.165) is 16.2 Å². The Kier molecular flexibility index (Phi) is 2.83. The van der Waals surface area contributed by atoms with Gasteiger partial charge >= 0.3 is 0 Å². The van der Waals surface area contributed by atoms with Crippen LogP contribution in [0.15, 0.2) is 43.5 Å². The summed E-state index contributed by atoms with van der Waals surface area (Å²) in [6.45, 7) is 4.64. The van der Waals surface area contributed by atoms with E-state index >= 15 is 0 Å². The minimum Gasteiger partial charge on any atom is -0.249 e. The van der Waals surface area contributed by atoms with Crippen molar-refractivity contribution in [2.45, 2.75) is 6.54 Å². The molecule has 3 nitrogen and oxygen atoms in total. The summed E-state index contributed by atoms with van der Waals surface area (Å²) in [4.78, 5) is 3.87. The minimum atomic E-state index is 0.641. The molecule has 0 aliphatic heterocycles. The van der Waals surface area contributed by atoms with Crippen molar-refractivity contribution in [1.29, 1.82) is 0 Å². The largest absolute Gasteiger partial charge is 0.249 e. The van der Waals surface area contributed by atoms with E-state index in [1.165, 1.54) is 6.33 Å². The maximum absolute atomic E-state index is 5.80. The summed E-state index contributed by atoms with van der Waals surface area (Å²) in [5.74, 6) is 0. The van der Waals surface area contributed by atoms with Crippen LogP contribution in [-0.4, -0.2) is 14.8 Å². The number of rotatable bonds is 3. The van der Waals surface area contributed by atoms with Crippen molar-refractivity contribution in [3.8, 4) is 0 Å². The molecule has 0 radical (unpaired) electrons. The standard InChI is InChI=1S/C11H10ClN3/c1-9(6-15-8-13-7-14-15)10-2-4-11(12)5-3-10/h2-5,7-8H,1,6H2. The summed E-state index contributed by atoms with van der Waals surface area (Å²) in [5, 5.41) is 4.75. The van der Waals surface area contributed by atoms with Crippen molar-refractivity contribution < 1.29 is 0 Å². The zero-order chi connectivity index (χ0) is 10.7. The predicted molar refractivity (Wildman–Crippen MR) is 60.5 cm³/mol. The highest BCUT2D eigenvalue weighted by Crippen LogP contribution is 2.17. The van der Waals surface area contributed by atoms with Crippen molar-refractivity contribution in [3.05, 3.63) is 54.1 Å². The highest BCUT2D eigenvalue weighted by molar-refractivity contribution is 6.30. The first-order valence-electron chi connectivity index (χ1n) is 4.52. The summed E-state index contributed by atoms with van der Waals surface area (Å²) in [7, 11) is 0. The number of nitrogens with zero attached hydrogens (tertiary/aromatic N) is 3. The molecule has 0 unspecified atom stereocenters. The Morgan fingerprint density at radius 3 is 2.67 bits per heavy atom. The van der Waals surface area contributed by atoms with Gasteiger partial charge in [-0.3, -0.25) is 0 Å². The second kappa shape index (κ2) is 4.28. The molecule has 2 aromatic rings. The van der Waals surface area contributed by atoms with E-state index in [-0.39, 0.29) is 0 Å². The number of halogens is 1. The molecule has 1 heterocycles. The molecule has 15 heavy (non-hydrogen) atoms. The van der Waals surface area contributed by atoms with Gasteiger partial charge in [-0.1, -0.05) is 30.3 Å². The fourth-order valence-electron chi connectivity index (χ4n) is 1.29. The lowest BCUT2D eigenvalue weighted by atomic mass is 10.1. The van der Waals surface area contributed by atoms with E-state index < -0.39 is 0 Å². The Bertz CT molecular complexity index is 445. The Morgan fingerprint density at radius 1 is 1.33 bits per heavy atom. The molecule has 0 N–H and O–H groups in total. The van der Waals surface area contributed by atoms with E-state index in [4.69, 9.17) is 11.6 Å². The van der Waals surface area contributed by atoms with Gasteiger partial charge in [-0.25, -0.2) is 9.67 Å². The quantitative estimate of drug-likeness (QED) is 0.795. The Labute approximate surface area is 93.0 Å². The third-order valence-corrected chi connectivity index (χ3v) is 2.32. The highest BCUT2D eigenvalue weighted by Gasteiger charge is 2.00. The first-order chi connectivity index (χ1) is 7.25. The van der Waals surface area contributed by atoms with Crippen LogP contribution in [-0.2, 0) is 6.54 Å². The number of hydrogen-bond acceptors (Lipinski definition) is 2. The molecule has 0 spiro atoms. The second-order valence-corrected chi connectivity index (χ2v) is 3.64. The fourth-order valence-corrected chi connectivity index (χ4v) is 1.41. The van der Waals surface area contributed by atoms with Gasteiger partial charge in [0.2, 0.25) is 0 Å². The van der Waals surface area contributed by atoms with Crippen molar-refractivity contribution in [1.82, 2.24) is 14.8 Å². The SMILES string of the molecule is C=C(Cn1cncn1)c1ccc(Cl)cc1. The van der Waals surface area contributed by atoms with Gasteiger partial charge in [-0.05, 0) is 23.3 Å². The Morgan fingerprint density at radius 2 is 2.07 bits per heavy atom. The summed E-state index contributed by atoms with van der Waals surface area (Å²) in [6, 6.07) is 7.59. The molecule has 1 aromatic carbocycles. The van der Waals surface area contributed by atoms with Gasteiger partial charge in [0.05, 0.1) is 6.54 Å². The average molecular weight is 220 g/mol. The van der Waals surface area contributed by atoms with Crippen LogP contribution in [0.4, 0.5) is 0 Å². The van der Waals surface area contributed by atoms with E-state index in [2.05, 4.69) is 16.7 Å². The molecule has 76 valence electrons. The molecule has 1 aromatic heterocycles. The summed E-state index contributed by atoms with van der Waals surface area (Å²) < 4.78 is 1.73. The first-order valence-corrected chi connectivity index (χ1v) is 4.89. The predicted octanol–water partition coefficient (Wildman–Crippen LogP) is 2.64. The van der Waals surface area contributed by atoms with Crippen molar-refractivity contribution in [2.75, 3.05) is 0 Å². The van der Waals surface area contributed by atoms with E-state index in [1.807, 2.05) is 24.3 Å². The molecule has 0 fully saturated rings. The maximum Gasteiger partial charge on any atom is 0.137 e. The molecule has 0 saturated carbocycles. The third-order valence-electron chi connectivity index (χ3n) is 2.07. The molecule has 0 aliphatic rings. The van der Waals surface area contributed by atoms with Crippen LogP contribution < -0.4 is 0 Å². The number of aromatic nitrogens is 3. The van der Waals surface area contributed by atoms with E-state index in [9.17, 15) is 0 Å². The van der Waals surface area contributed by atoms with Crippen LogP contribution in [0, 0.1) is 0 Å². The molecule has 2 rings (SSSR count). The molecule has 0 atom stereocenters. The van der Waals surface area contributed by atoms with E-state index in [1.54, 1.807) is 11.0 Å². The van der Waals surface area contributed by atoms with Crippen LogP contribution in [0.2, 0.25) is 5.02 Å². The normalized spacial score (nSPS) is 10.2. The number of hydrogen-bond donors (Lipinski definition) is 0.